The maximum atomic E-state index is 14.6. The number of hydrogen-bond acceptors (Lipinski definition) is 5. The quantitative estimate of drug-likeness (QED) is 0.173. The van der Waals surface area contributed by atoms with Gasteiger partial charge >= 0.3 is 0 Å². The summed E-state index contributed by atoms with van der Waals surface area (Å²) in [6.07, 6.45) is 8.63. The molecule has 4 aliphatic rings. The van der Waals surface area contributed by atoms with Crippen LogP contribution in [0.5, 0.6) is 0 Å². The Morgan fingerprint density at radius 3 is 1.96 bits per heavy atom. The zero-order valence-corrected chi connectivity index (χ0v) is 31.6. The molecule has 266 valence electrons. The van der Waals surface area contributed by atoms with Gasteiger partial charge in [-0.1, -0.05) is 103 Å². The standard InChI is InChI=1S/C46H55N3O2/c1-27-11-9-12-28-15-17-32(39(35(27)28)48-45(8)23-19-30(20-24-45)43(2,3)4)37-41(50)38(42(37)51)33-18-16-29-13-10-14-34-36(29)40(33)49-46(47-34)25-21-31(22-26-46)44(5,6)7/h9-18,30-31,47-50H,1,19-26H2,2-8H3/b37-32-. The molecular formula is C46H55N3O2. The first-order chi connectivity index (χ1) is 24.1. The van der Waals surface area contributed by atoms with E-state index >= 15 is 0 Å². The molecule has 4 aromatic rings. The van der Waals surface area contributed by atoms with Crippen molar-refractivity contribution in [2.75, 3.05) is 16.0 Å². The van der Waals surface area contributed by atoms with Gasteiger partial charge in [-0.2, -0.15) is 0 Å². The first kappa shape index (κ1) is 33.9. The molecule has 3 aliphatic carbocycles. The van der Waals surface area contributed by atoms with Crippen molar-refractivity contribution in [1.82, 2.24) is 0 Å². The molecule has 0 bridgehead atoms. The predicted molar refractivity (Wildman–Crippen MR) is 215 cm³/mol. The second kappa shape index (κ2) is 11.6. The molecule has 1 spiro atoms. The monoisotopic (exact) mass is 681 g/mol. The van der Waals surface area contributed by atoms with E-state index < -0.39 is 0 Å². The Balaban J connectivity index is 1.24. The van der Waals surface area contributed by atoms with Gasteiger partial charge in [0.25, 0.3) is 0 Å². The van der Waals surface area contributed by atoms with E-state index in [2.05, 4.69) is 107 Å². The molecule has 5 heteroatoms. The summed E-state index contributed by atoms with van der Waals surface area (Å²) in [7, 11) is 0. The van der Waals surface area contributed by atoms with Gasteiger partial charge in [-0.3, -0.25) is 4.79 Å². The number of carbonyl (C=O) groups is 1. The van der Waals surface area contributed by atoms with Crippen molar-refractivity contribution in [2.24, 2.45) is 22.7 Å². The molecule has 0 unspecified atom stereocenters. The van der Waals surface area contributed by atoms with Crippen LogP contribution in [0.15, 0.2) is 66.4 Å². The average Bonchev–Trinajstić information content (AvgIpc) is 3.06. The Hall–Kier alpha value is -4.25. The van der Waals surface area contributed by atoms with Crippen molar-refractivity contribution >= 4 is 62.1 Å². The first-order valence-corrected chi connectivity index (χ1v) is 19.2. The number of nitrogens with one attached hydrogen (secondary N) is 3. The Labute approximate surface area is 303 Å². The molecule has 51 heavy (non-hydrogen) atoms. The van der Waals surface area contributed by atoms with Gasteiger partial charge < -0.3 is 21.1 Å². The van der Waals surface area contributed by atoms with Gasteiger partial charge in [0.15, 0.2) is 0 Å². The van der Waals surface area contributed by atoms with Gasteiger partial charge in [0.2, 0.25) is 5.78 Å². The zero-order valence-electron chi connectivity index (χ0n) is 31.6. The van der Waals surface area contributed by atoms with Crippen LogP contribution in [-0.4, -0.2) is 22.1 Å². The molecule has 2 fully saturated rings. The maximum Gasteiger partial charge on any atom is 0.201 e. The summed E-state index contributed by atoms with van der Waals surface area (Å²) in [5.41, 5.74) is 4.63. The molecule has 4 N–H and O–H groups in total. The fourth-order valence-electron chi connectivity index (χ4n) is 9.82. The smallest absolute Gasteiger partial charge is 0.201 e. The third kappa shape index (κ3) is 5.63. The van der Waals surface area contributed by atoms with Gasteiger partial charge in [0, 0.05) is 32.8 Å². The van der Waals surface area contributed by atoms with Crippen LogP contribution >= 0.6 is 0 Å². The van der Waals surface area contributed by atoms with Gasteiger partial charge in [-0.05, 0) is 103 Å². The van der Waals surface area contributed by atoms with Crippen LogP contribution in [0.1, 0.15) is 105 Å². The molecule has 1 heterocycles. The van der Waals surface area contributed by atoms with E-state index in [-0.39, 0.29) is 33.6 Å². The van der Waals surface area contributed by atoms with E-state index in [4.69, 9.17) is 0 Å². The van der Waals surface area contributed by atoms with Gasteiger partial charge in [0.05, 0.1) is 22.5 Å². The number of aliphatic hydroxyl groups is 1. The minimum Gasteiger partial charge on any atom is -0.506 e. The Morgan fingerprint density at radius 2 is 1.33 bits per heavy atom. The molecule has 0 aromatic heterocycles. The first-order valence-electron chi connectivity index (χ1n) is 19.2. The van der Waals surface area contributed by atoms with Crippen molar-refractivity contribution in [1.29, 1.82) is 0 Å². The van der Waals surface area contributed by atoms with Crippen molar-refractivity contribution < 1.29 is 9.90 Å². The maximum absolute atomic E-state index is 14.6. The molecule has 0 saturated heterocycles. The summed E-state index contributed by atoms with van der Waals surface area (Å²) in [5, 5.41) is 29.8. The van der Waals surface area contributed by atoms with E-state index in [0.29, 0.717) is 23.0 Å². The number of fused-ring (bicyclic) bond motifs is 1. The fourth-order valence-corrected chi connectivity index (χ4v) is 9.82. The van der Waals surface area contributed by atoms with Crippen LogP contribution in [0.2, 0.25) is 0 Å². The lowest BCUT2D eigenvalue weighted by molar-refractivity contribution is -0.109. The zero-order chi connectivity index (χ0) is 36.1. The van der Waals surface area contributed by atoms with E-state index in [1.807, 2.05) is 24.3 Å². The Kier molecular flexibility index (Phi) is 7.72. The van der Waals surface area contributed by atoms with Crippen molar-refractivity contribution in [3.05, 3.63) is 82.4 Å². The van der Waals surface area contributed by atoms with E-state index in [1.165, 1.54) is 0 Å². The molecule has 2 saturated carbocycles. The van der Waals surface area contributed by atoms with E-state index in [1.54, 1.807) is 0 Å². The SMILES string of the molecule is C=c1cccc2cc/c(=C3/C(=O)C(c4ccc5cccc6c5c4NC4(CCC(C(C)(C)C)CC4)N6)=C3O)c(NC3(C)CCC(C(C)(C)C)CC3)c12. The average molecular weight is 682 g/mol. The molecule has 8 rings (SSSR count). The van der Waals surface area contributed by atoms with E-state index in [0.717, 1.165) is 106 Å². The summed E-state index contributed by atoms with van der Waals surface area (Å²) < 4.78 is 0. The number of anilines is 3. The fraction of sp³-hybridized carbons (Fsp3) is 0.457. The van der Waals surface area contributed by atoms with Crippen LogP contribution in [0.25, 0.3) is 39.3 Å². The third-order valence-electron chi connectivity index (χ3n) is 13.2. The Bertz CT molecular complexity index is 2230. The van der Waals surface area contributed by atoms with Gasteiger partial charge in [0.1, 0.15) is 11.4 Å². The van der Waals surface area contributed by atoms with Crippen molar-refractivity contribution in [2.45, 2.75) is 111 Å². The molecular weight excluding hydrogens is 627 g/mol. The molecule has 5 nitrogen and oxygen atoms in total. The van der Waals surface area contributed by atoms with E-state index in [9.17, 15) is 9.90 Å². The second-order valence-electron chi connectivity index (χ2n) is 18.6. The third-order valence-corrected chi connectivity index (χ3v) is 13.2. The molecule has 4 aromatic carbocycles. The van der Waals surface area contributed by atoms with Crippen LogP contribution in [0, 0.1) is 22.7 Å². The lowest BCUT2D eigenvalue weighted by Crippen LogP contribution is -2.51. The van der Waals surface area contributed by atoms with Crippen LogP contribution < -0.4 is 26.4 Å². The highest BCUT2D eigenvalue weighted by Crippen LogP contribution is 2.51. The summed E-state index contributed by atoms with van der Waals surface area (Å²) in [5.74, 6) is 1.30. The van der Waals surface area contributed by atoms with Gasteiger partial charge in [-0.25, -0.2) is 0 Å². The highest BCUT2D eigenvalue weighted by molar-refractivity contribution is 6.52. The minimum atomic E-state index is -0.296. The van der Waals surface area contributed by atoms with Crippen molar-refractivity contribution in [3.63, 3.8) is 0 Å². The number of Topliss-reactive ketones (excluding diaryl/α,β-unsaturated/α-hetero) is 1. The van der Waals surface area contributed by atoms with Crippen LogP contribution in [0.3, 0.4) is 0 Å². The number of hydrogen-bond donors (Lipinski definition) is 4. The van der Waals surface area contributed by atoms with Gasteiger partial charge in [-0.15, -0.1) is 0 Å². The number of aliphatic hydroxyl groups excluding tert-OH is 1. The lowest BCUT2D eigenvalue weighted by Gasteiger charge is -2.48. The number of allylic oxidation sites excluding steroid dienone is 2. The van der Waals surface area contributed by atoms with Crippen LogP contribution in [0.4, 0.5) is 17.1 Å². The molecule has 0 radical (unpaired) electrons. The number of rotatable bonds is 3. The topological polar surface area (TPSA) is 73.4 Å². The number of benzene rings is 4. The highest BCUT2D eigenvalue weighted by atomic mass is 16.3. The lowest BCUT2D eigenvalue weighted by atomic mass is 9.67. The highest BCUT2D eigenvalue weighted by Gasteiger charge is 2.44. The predicted octanol–water partition coefficient (Wildman–Crippen LogP) is 10.3. The van der Waals surface area contributed by atoms with Crippen molar-refractivity contribution in [3.8, 4) is 0 Å². The molecule has 0 amide bonds. The second-order valence-corrected chi connectivity index (χ2v) is 18.6. The number of carbonyl (C=O) groups excluding carboxylic acids is 1. The molecule has 1 aliphatic heterocycles. The Morgan fingerprint density at radius 1 is 0.745 bits per heavy atom. The molecule has 0 atom stereocenters. The summed E-state index contributed by atoms with van der Waals surface area (Å²) in [4.78, 5) is 14.6. The summed E-state index contributed by atoms with van der Waals surface area (Å²) in [6.45, 7) is 20.8. The summed E-state index contributed by atoms with van der Waals surface area (Å²) >= 11 is 0. The van der Waals surface area contributed by atoms with Crippen LogP contribution in [-0.2, 0) is 4.79 Å². The normalized spacial score (nSPS) is 27.7. The largest absolute Gasteiger partial charge is 0.506 e. The summed E-state index contributed by atoms with van der Waals surface area (Å²) in [6, 6.07) is 20.7. The number of ketones is 1. The minimum absolute atomic E-state index is 0.0736.